The van der Waals surface area contributed by atoms with E-state index in [1.54, 1.807) is 4.68 Å². The second kappa shape index (κ2) is 7.66. The van der Waals surface area contributed by atoms with E-state index in [9.17, 15) is 9.90 Å². The van der Waals surface area contributed by atoms with E-state index in [2.05, 4.69) is 15.3 Å². The summed E-state index contributed by atoms with van der Waals surface area (Å²) >= 11 is 0. The summed E-state index contributed by atoms with van der Waals surface area (Å²) in [5.74, 6) is -0.0198. The number of aliphatic hydroxyl groups is 1. The zero-order valence-electron chi connectivity index (χ0n) is 14.9. The fourth-order valence-corrected chi connectivity index (χ4v) is 4.12. The van der Waals surface area contributed by atoms with Crippen LogP contribution in [0, 0.1) is 6.92 Å². The summed E-state index contributed by atoms with van der Waals surface area (Å²) in [5.41, 5.74) is 1.53. The van der Waals surface area contributed by atoms with Crippen molar-refractivity contribution in [3.05, 3.63) is 17.5 Å². The highest BCUT2D eigenvalue weighted by Gasteiger charge is 2.32. The van der Waals surface area contributed by atoms with Crippen molar-refractivity contribution in [1.82, 2.24) is 20.0 Å². The van der Waals surface area contributed by atoms with Crippen molar-refractivity contribution < 1.29 is 9.90 Å². The van der Waals surface area contributed by atoms with E-state index in [0.717, 1.165) is 50.9 Å². The lowest BCUT2D eigenvalue weighted by atomic mass is 9.89. The summed E-state index contributed by atoms with van der Waals surface area (Å²) < 4.78 is 1.76. The second-order valence-electron chi connectivity index (χ2n) is 7.19. The maximum absolute atomic E-state index is 12.5. The Labute approximate surface area is 144 Å². The molecule has 0 bridgehead atoms. The molecule has 1 aromatic rings. The van der Waals surface area contributed by atoms with Crippen molar-refractivity contribution >= 4 is 5.91 Å². The number of aryl methyl sites for hydroxylation is 2. The number of carbonyl (C=O) groups excluding carboxylic acids is 1. The van der Waals surface area contributed by atoms with Gasteiger partial charge in [-0.1, -0.05) is 12.8 Å². The average Bonchev–Trinajstić information content (AvgIpc) is 2.97. The van der Waals surface area contributed by atoms with Gasteiger partial charge in [0.15, 0.2) is 0 Å². The Morgan fingerprint density at radius 1 is 1.29 bits per heavy atom. The van der Waals surface area contributed by atoms with Gasteiger partial charge in [0.25, 0.3) is 5.91 Å². The minimum atomic E-state index is -0.174. The van der Waals surface area contributed by atoms with Gasteiger partial charge in [0.1, 0.15) is 5.69 Å². The van der Waals surface area contributed by atoms with E-state index in [1.807, 2.05) is 19.9 Å². The zero-order chi connectivity index (χ0) is 17.1. The number of nitrogens with zero attached hydrogens (tertiary/aromatic N) is 3. The molecule has 2 fully saturated rings. The van der Waals surface area contributed by atoms with E-state index in [1.165, 1.54) is 6.42 Å². The van der Waals surface area contributed by atoms with Crippen molar-refractivity contribution in [2.24, 2.45) is 0 Å². The first-order valence-electron chi connectivity index (χ1n) is 9.36. The highest BCUT2D eigenvalue weighted by Crippen LogP contribution is 2.26. The molecule has 1 aromatic heterocycles. The van der Waals surface area contributed by atoms with E-state index < -0.39 is 0 Å². The molecule has 6 nitrogen and oxygen atoms in total. The van der Waals surface area contributed by atoms with Crippen LogP contribution in [0.4, 0.5) is 0 Å². The third-order valence-corrected chi connectivity index (χ3v) is 5.46. The first-order chi connectivity index (χ1) is 11.6. The molecule has 2 atom stereocenters. The molecule has 1 aliphatic carbocycles. The summed E-state index contributed by atoms with van der Waals surface area (Å²) in [7, 11) is 0. The Morgan fingerprint density at radius 3 is 2.67 bits per heavy atom. The number of rotatable bonds is 4. The number of aromatic nitrogens is 2. The Balaban J connectivity index is 1.52. The Hall–Kier alpha value is -1.40. The summed E-state index contributed by atoms with van der Waals surface area (Å²) in [6.07, 6.45) is 6.14. The first-order valence-corrected chi connectivity index (χ1v) is 9.36. The largest absolute Gasteiger partial charge is 0.391 e. The summed E-state index contributed by atoms with van der Waals surface area (Å²) in [6.45, 7) is 6.53. The maximum Gasteiger partial charge on any atom is 0.269 e. The minimum absolute atomic E-state index is 0.0198. The van der Waals surface area contributed by atoms with Crippen LogP contribution in [-0.2, 0) is 6.54 Å². The van der Waals surface area contributed by atoms with Crippen LogP contribution in [0.15, 0.2) is 6.07 Å². The Morgan fingerprint density at radius 2 is 2.00 bits per heavy atom. The van der Waals surface area contributed by atoms with Crippen LogP contribution in [0.1, 0.15) is 61.6 Å². The molecule has 0 spiro atoms. The van der Waals surface area contributed by atoms with Gasteiger partial charge in [0.2, 0.25) is 0 Å². The van der Waals surface area contributed by atoms with Crippen LogP contribution in [0.3, 0.4) is 0 Å². The molecule has 2 heterocycles. The van der Waals surface area contributed by atoms with E-state index in [4.69, 9.17) is 0 Å². The number of aliphatic hydroxyl groups excluding tert-OH is 1. The van der Waals surface area contributed by atoms with Gasteiger partial charge in [-0.2, -0.15) is 5.10 Å². The summed E-state index contributed by atoms with van der Waals surface area (Å²) in [5, 5.41) is 17.7. The lowest BCUT2D eigenvalue weighted by molar-refractivity contribution is 0.00725. The van der Waals surface area contributed by atoms with Crippen LogP contribution in [-0.4, -0.2) is 57.0 Å². The smallest absolute Gasteiger partial charge is 0.269 e. The van der Waals surface area contributed by atoms with Crippen LogP contribution in [0.25, 0.3) is 0 Å². The van der Waals surface area contributed by atoms with Crippen molar-refractivity contribution in [1.29, 1.82) is 0 Å². The molecular formula is C18H30N4O2. The zero-order valence-corrected chi connectivity index (χ0v) is 14.9. The normalized spacial score (nSPS) is 26.5. The molecule has 134 valence electrons. The van der Waals surface area contributed by atoms with E-state index >= 15 is 0 Å². The van der Waals surface area contributed by atoms with Gasteiger partial charge in [-0.05, 0) is 45.6 Å². The van der Waals surface area contributed by atoms with Gasteiger partial charge in [0.05, 0.1) is 11.8 Å². The van der Waals surface area contributed by atoms with Crippen molar-refractivity contribution in [3.63, 3.8) is 0 Å². The van der Waals surface area contributed by atoms with Gasteiger partial charge in [0, 0.05) is 31.7 Å². The fraction of sp³-hybridized carbons (Fsp3) is 0.778. The van der Waals surface area contributed by atoms with Gasteiger partial charge < -0.3 is 10.4 Å². The molecule has 2 N–H and O–H groups in total. The molecule has 0 radical (unpaired) electrons. The maximum atomic E-state index is 12.5. The number of likely N-dealkylation sites (tertiary alicyclic amines) is 1. The topological polar surface area (TPSA) is 70.4 Å². The standard InChI is InChI=1S/C18H30N4O2/c1-3-22-16(12-13(2)20-22)18(24)19-14-8-10-21(11-9-14)15-6-4-5-7-17(15)23/h12,14-15,17,23H,3-11H2,1-2H3,(H,19,24). The molecule has 1 saturated carbocycles. The van der Waals surface area contributed by atoms with Gasteiger partial charge in [-0.25, -0.2) is 0 Å². The molecule has 1 saturated heterocycles. The SMILES string of the molecule is CCn1nc(C)cc1C(=O)NC1CCN(C2CCCCC2O)CC1. The van der Waals surface area contributed by atoms with Crippen LogP contribution < -0.4 is 5.32 Å². The third-order valence-electron chi connectivity index (χ3n) is 5.46. The monoisotopic (exact) mass is 334 g/mol. The van der Waals surface area contributed by atoms with Crippen LogP contribution in [0.5, 0.6) is 0 Å². The molecule has 1 aliphatic heterocycles. The quantitative estimate of drug-likeness (QED) is 0.879. The van der Waals surface area contributed by atoms with Crippen LogP contribution >= 0.6 is 0 Å². The molecule has 2 unspecified atom stereocenters. The number of piperidine rings is 1. The number of hydrogen-bond donors (Lipinski definition) is 2. The van der Waals surface area contributed by atoms with Gasteiger partial charge in [-0.3, -0.25) is 14.4 Å². The molecule has 0 aromatic carbocycles. The number of amides is 1. The molecule has 1 amide bonds. The number of nitrogens with one attached hydrogen (secondary N) is 1. The van der Waals surface area contributed by atoms with Gasteiger partial charge >= 0.3 is 0 Å². The second-order valence-corrected chi connectivity index (χ2v) is 7.19. The Bertz CT molecular complexity index is 563. The fourth-order valence-electron chi connectivity index (χ4n) is 4.12. The predicted octanol–water partition coefficient (Wildman–Crippen LogP) is 1.71. The number of hydrogen-bond acceptors (Lipinski definition) is 4. The highest BCUT2D eigenvalue weighted by atomic mass is 16.3. The molecule has 24 heavy (non-hydrogen) atoms. The van der Waals surface area contributed by atoms with Gasteiger partial charge in [-0.15, -0.1) is 0 Å². The lowest BCUT2D eigenvalue weighted by Crippen LogP contribution is -2.52. The third kappa shape index (κ3) is 3.81. The average molecular weight is 334 g/mol. The molecule has 2 aliphatic rings. The predicted molar refractivity (Wildman–Crippen MR) is 93.0 cm³/mol. The lowest BCUT2D eigenvalue weighted by Gasteiger charge is -2.41. The van der Waals surface area contributed by atoms with E-state index in [-0.39, 0.29) is 18.1 Å². The summed E-state index contributed by atoms with van der Waals surface area (Å²) in [4.78, 5) is 14.9. The molecule has 3 rings (SSSR count). The summed E-state index contributed by atoms with van der Waals surface area (Å²) in [6, 6.07) is 2.39. The number of carbonyl (C=O) groups is 1. The van der Waals surface area contributed by atoms with Crippen LogP contribution in [0.2, 0.25) is 0 Å². The van der Waals surface area contributed by atoms with Crippen molar-refractivity contribution in [2.75, 3.05) is 13.1 Å². The first kappa shape index (κ1) is 17.4. The minimum Gasteiger partial charge on any atom is -0.391 e. The molecular weight excluding hydrogens is 304 g/mol. The molecule has 6 heteroatoms. The van der Waals surface area contributed by atoms with Crippen molar-refractivity contribution in [2.45, 2.75) is 77.1 Å². The van der Waals surface area contributed by atoms with Crippen molar-refractivity contribution in [3.8, 4) is 0 Å². The van der Waals surface area contributed by atoms with E-state index in [0.29, 0.717) is 18.3 Å². The highest BCUT2D eigenvalue weighted by molar-refractivity contribution is 5.92. The Kier molecular flexibility index (Phi) is 5.56.